The van der Waals surface area contributed by atoms with Crippen molar-refractivity contribution < 1.29 is 4.74 Å². The van der Waals surface area contributed by atoms with Crippen molar-refractivity contribution in [3.8, 4) is 5.75 Å². The summed E-state index contributed by atoms with van der Waals surface area (Å²) in [6, 6.07) is 8.18. The van der Waals surface area contributed by atoms with E-state index < -0.39 is 0 Å². The highest BCUT2D eigenvalue weighted by molar-refractivity contribution is 7.99. The average Bonchev–Trinajstić information content (AvgIpc) is 2.25. The maximum absolute atomic E-state index is 6.17. The Labute approximate surface area is 109 Å². The monoisotopic (exact) mass is 253 g/mol. The zero-order chi connectivity index (χ0) is 12.8. The molecule has 0 heterocycles. The third-order valence-corrected chi connectivity index (χ3v) is 3.49. The molecule has 1 unspecified atom stereocenters. The first-order chi connectivity index (χ1) is 7.99. The summed E-state index contributed by atoms with van der Waals surface area (Å²) in [6.45, 7) is 8.44. The van der Waals surface area contributed by atoms with Crippen molar-refractivity contribution in [2.45, 2.75) is 45.1 Å². The highest BCUT2D eigenvalue weighted by atomic mass is 32.2. The summed E-state index contributed by atoms with van der Waals surface area (Å²) < 4.78 is 5.67. The van der Waals surface area contributed by atoms with Crippen molar-refractivity contribution in [1.29, 1.82) is 0 Å². The molecule has 96 valence electrons. The summed E-state index contributed by atoms with van der Waals surface area (Å²) in [5, 5.41) is 0.621. The maximum Gasteiger partial charge on any atom is 0.120 e. The van der Waals surface area contributed by atoms with Crippen LogP contribution in [0, 0.1) is 0 Å². The Morgan fingerprint density at radius 1 is 1.24 bits per heavy atom. The molecule has 0 radical (unpaired) electrons. The second kappa shape index (κ2) is 6.92. The van der Waals surface area contributed by atoms with Crippen LogP contribution in [0.2, 0.25) is 0 Å². The summed E-state index contributed by atoms with van der Waals surface area (Å²) in [6.07, 6.45) is 0.200. The molecule has 2 N–H and O–H groups in total. The number of hydrogen-bond donors (Lipinski definition) is 1. The lowest BCUT2D eigenvalue weighted by Gasteiger charge is -2.15. The van der Waals surface area contributed by atoms with Crippen LogP contribution >= 0.6 is 11.8 Å². The lowest BCUT2D eigenvalue weighted by atomic mass is 10.1. The van der Waals surface area contributed by atoms with E-state index in [-0.39, 0.29) is 12.1 Å². The normalized spacial score (nSPS) is 13.1. The largest absolute Gasteiger partial charge is 0.491 e. The third-order valence-electron chi connectivity index (χ3n) is 2.27. The van der Waals surface area contributed by atoms with Crippen LogP contribution < -0.4 is 10.5 Å². The van der Waals surface area contributed by atoms with Gasteiger partial charge in [0, 0.05) is 11.8 Å². The molecular formula is C14H23NOS. The fraction of sp³-hybridized carbons (Fsp3) is 0.571. The summed E-state index contributed by atoms with van der Waals surface area (Å²) in [7, 11) is 0. The Bertz CT molecular complexity index is 339. The predicted molar refractivity (Wildman–Crippen MR) is 76.7 cm³/mol. The maximum atomic E-state index is 6.17. The van der Waals surface area contributed by atoms with Gasteiger partial charge in [0.1, 0.15) is 5.75 Å². The van der Waals surface area contributed by atoms with Gasteiger partial charge < -0.3 is 10.5 Å². The molecule has 1 rings (SSSR count). The molecule has 0 amide bonds. The van der Waals surface area contributed by atoms with Gasteiger partial charge in [-0.15, -0.1) is 0 Å². The Hall–Kier alpha value is -0.670. The molecule has 1 aromatic carbocycles. The quantitative estimate of drug-likeness (QED) is 0.841. The smallest absolute Gasteiger partial charge is 0.120 e. The summed E-state index contributed by atoms with van der Waals surface area (Å²) in [5.74, 6) is 1.85. The predicted octanol–water partition coefficient (Wildman–Crippen LogP) is 3.62. The van der Waals surface area contributed by atoms with Crippen LogP contribution in [0.1, 0.15) is 39.3 Å². The molecule has 0 fully saturated rings. The van der Waals surface area contributed by atoms with Gasteiger partial charge in [0.05, 0.1) is 6.10 Å². The Kier molecular flexibility index (Phi) is 5.86. The van der Waals surface area contributed by atoms with E-state index in [1.807, 2.05) is 43.8 Å². The minimum absolute atomic E-state index is 0.0816. The van der Waals surface area contributed by atoms with Gasteiger partial charge in [0.2, 0.25) is 0 Å². The van der Waals surface area contributed by atoms with Crippen molar-refractivity contribution in [2.24, 2.45) is 5.73 Å². The zero-order valence-corrected chi connectivity index (χ0v) is 12.0. The van der Waals surface area contributed by atoms with Crippen molar-refractivity contribution >= 4 is 11.8 Å². The fourth-order valence-electron chi connectivity index (χ4n) is 1.48. The van der Waals surface area contributed by atoms with Gasteiger partial charge in [-0.3, -0.25) is 0 Å². The molecule has 0 aromatic heterocycles. The minimum Gasteiger partial charge on any atom is -0.491 e. The van der Waals surface area contributed by atoms with Crippen molar-refractivity contribution in [3.63, 3.8) is 0 Å². The molecule has 0 saturated heterocycles. The first kappa shape index (κ1) is 14.4. The molecule has 2 nitrogen and oxygen atoms in total. The van der Waals surface area contributed by atoms with E-state index in [2.05, 4.69) is 19.9 Å². The summed E-state index contributed by atoms with van der Waals surface area (Å²) >= 11 is 1.89. The molecule has 0 aliphatic heterocycles. The van der Waals surface area contributed by atoms with E-state index in [1.54, 1.807) is 0 Å². The van der Waals surface area contributed by atoms with Crippen LogP contribution in [0.25, 0.3) is 0 Å². The highest BCUT2D eigenvalue weighted by Crippen LogP contribution is 2.23. The van der Waals surface area contributed by atoms with Crippen LogP contribution in [0.3, 0.4) is 0 Å². The number of hydrogen-bond acceptors (Lipinski definition) is 3. The molecule has 3 heteroatoms. The molecule has 1 atom stereocenters. The van der Waals surface area contributed by atoms with Gasteiger partial charge in [-0.2, -0.15) is 11.8 Å². The van der Waals surface area contributed by atoms with Crippen LogP contribution in [0.4, 0.5) is 0 Å². The van der Waals surface area contributed by atoms with Gasteiger partial charge >= 0.3 is 0 Å². The number of ether oxygens (including phenoxy) is 1. The van der Waals surface area contributed by atoms with Gasteiger partial charge in [-0.05, 0) is 36.8 Å². The number of rotatable bonds is 6. The molecule has 0 aliphatic carbocycles. The van der Waals surface area contributed by atoms with Gasteiger partial charge in [-0.1, -0.05) is 26.0 Å². The molecule has 0 saturated carbocycles. The third kappa shape index (κ3) is 5.46. The first-order valence-corrected chi connectivity index (χ1v) is 7.17. The lowest BCUT2D eigenvalue weighted by molar-refractivity contribution is 0.242. The van der Waals surface area contributed by atoms with E-state index in [4.69, 9.17) is 10.5 Å². The second-order valence-electron chi connectivity index (χ2n) is 4.73. The molecule has 0 aliphatic rings. The van der Waals surface area contributed by atoms with Gasteiger partial charge in [-0.25, -0.2) is 0 Å². The molecule has 17 heavy (non-hydrogen) atoms. The topological polar surface area (TPSA) is 35.2 Å². The van der Waals surface area contributed by atoms with Crippen LogP contribution in [-0.4, -0.2) is 17.1 Å². The SMILES string of the molecule is CC(C)Oc1cccc(C(N)CSC(C)C)c1. The van der Waals surface area contributed by atoms with Crippen molar-refractivity contribution in [1.82, 2.24) is 0 Å². The fourth-order valence-corrected chi connectivity index (χ4v) is 2.27. The molecule has 0 spiro atoms. The van der Waals surface area contributed by atoms with E-state index in [0.29, 0.717) is 5.25 Å². The second-order valence-corrected chi connectivity index (χ2v) is 6.34. The van der Waals surface area contributed by atoms with E-state index in [1.165, 1.54) is 0 Å². The van der Waals surface area contributed by atoms with Gasteiger partial charge in [0.15, 0.2) is 0 Å². The first-order valence-electron chi connectivity index (χ1n) is 6.13. The molecule has 1 aromatic rings. The average molecular weight is 253 g/mol. The number of benzene rings is 1. The Balaban J connectivity index is 2.63. The van der Waals surface area contributed by atoms with Crippen LogP contribution in [0.5, 0.6) is 5.75 Å². The standard InChI is InChI=1S/C14H23NOS/c1-10(2)16-13-7-5-6-12(8-13)14(15)9-17-11(3)4/h5-8,10-11,14H,9,15H2,1-4H3. The Morgan fingerprint density at radius 3 is 2.53 bits per heavy atom. The molecule has 0 bridgehead atoms. The molecular weight excluding hydrogens is 230 g/mol. The summed E-state index contributed by atoms with van der Waals surface area (Å²) in [4.78, 5) is 0. The van der Waals surface area contributed by atoms with E-state index in [9.17, 15) is 0 Å². The lowest BCUT2D eigenvalue weighted by Crippen LogP contribution is -2.14. The van der Waals surface area contributed by atoms with Crippen molar-refractivity contribution in [3.05, 3.63) is 29.8 Å². The highest BCUT2D eigenvalue weighted by Gasteiger charge is 2.08. The minimum atomic E-state index is 0.0816. The van der Waals surface area contributed by atoms with Crippen LogP contribution in [0.15, 0.2) is 24.3 Å². The van der Waals surface area contributed by atoms with Crippen LogP contribution in [-0.2, 0) is 0 Å². The van der Waals surface area contributed by atoms with Gasteiger partial charge in [0.25, 0.3) is 0 Å². The van der Waals surface area contributed by atoms with Crippen molar-refractivity contribution in [2.75, 3.05) is 5.75 Å². The van der Waals surface area contributed by atoms with E-state index >= 15 is 0 Å². The number of nitrogens with two attached hydrogens (primary N) is 1. The summed E-state index contributed by atoms with van der Waals surface area (Å²) in [5.41, 5.74) is 7.32. The zero-order valence-electron chi connectivity index (χ0n) is 11.1. The van der Waals surface area contributed by atoms with E-state index in [0.717, 1.165) is 17.1 Å². The Morgan fingerprint density at radius 2 is 1.94 bits per heavy atom. The number of thioether (sulfide) groups is 1.